The molecule has 0 aliphatic rings. The zero-order chi connectivity index (χ0) is 14.0. The average molecular weight is 401 g/mol. The SMILES string of the molecule is Cc1ccc(Br)cc1Oc1ccc(Br)cc1C(N)=S. The van der Waals surface area contributed by atoms with Crippen LogP contribution in [0.3, 0.4) is 0 Å². The quantitative estimate of drug-likeness (QED) is 0.740. The van der Waals surface area contributed by atoms with Gasteiger partial charge in [-0.1, -0.05) is 50.1 Å². The molecule has 2 nitrogen and oxygen atoms in total. The Labute approximate surface area is 134 Å². The molecule has 2 rings (SSSR count). The molecule has 0 saturated heterocycles. The van der Waals surface area contributed by atoms with Crippen molar-refractivity contribution >= 4 is 49.1 Å². The number of thiocarbonyl (C=S) groups is 1. The van der Waals surface area contributed by atoms with Gasteiger partial charge in [0.25, 0.3) is 0 Å². The maximum absolute atomic E-state index is 5.92. The van der Waals surface area contributed by atoms with Crippen molar-refractivity contribution in [2.75, 3.05) is 0 Å². The zero-order valence-corrected chi connectivity index (χ0v) is 14.1. The average Bonchev–Trinajstić information content (AvgIpc) is 2.35. The van der Waals surface area contributed by atoms with Gasteiger partial charge in [0.2, 0.25) is 0 Å². The van der Waals surface area contributed by atoms with Crippen LogP contribution in [0.25, 0.3) is 0 Å². The van der Waals surface area contributed by atoms with E-state index in [9.17, 15) is 0 Å². The minimum Gasteiger partial charge on any atom is -0.456 e. The molecule has 0 aliphatic heterocycles. The van der Waals surface area contributed by atoms with E-state index in [-0.39, 0.29) is 0 Å². The van der Waals surface area contributed by atoms with E-state index in [1.165, 1.54) is 0 Å². The van der Waals surface area contributed by atoms with E-state index >= 15 is 0 Å². The van der Waals surface area contributed by atoms with Gasteiger partial charge in [-0.15, -0.1) is 0 Å². The lowest BCUT2D eigenvalue weighted by molar-refractivity contribution is 0.477. The molecule has 0 aliphatic carbocycles. The molecule has 98 valence electrons. The lowest BCUT2D eigenvalue weighted by atomic mass is 10.2. The Bertz CT molecular complexity index is 643. The van der Waals surface area contributed by atoms with Gasteiger partial charge in [0.1, 0.15) is 16.5 Å². The van der Waals surface area contributed by atoms with Crippen LogP contribution < -0.4 is 10.5 Å². The molecule has 0 spiro atoms. The van der Waals surface area contributed by atoms with Gasteiger partial charge in [-0.3, -0.25) is 0 Å². The van der Waals surface area contributed by atoms with E-state index in [0.29, 0.717) is 16.3 Å². The molecule has 0 radical (unpaired) electrons. The molecule has 0 atom stereocenters. The normalized spacial score (nSPS) is 10.3. The second-order valence-electron chi connectivity index (χ2n) is 4.02. The summed E-state index contributed by atoms with van der Waals surface area (Å²) in [5.41, 5.74) is 7.48. The van der Waals surface area contributed by atoms with Crippen LogP contribution in [0.15, 0.2) is 45.3 Å². The maximum Gasteiger partial charge on any atom is 0.137 e. The minimum atomic E-state index is 0.309. The largest absolute Gasteiger partial charge is 0.456 e. The second-order valence-corrected chi connectivity index (χ2v) is 6.29. The number of rotatable bonds is 3. The highest BCUT2D eigenvalue weighted by Crippen LogP contribution is 2.31. The Morgan fingerprint density at radius 2 is 1.68 bits per heavy atom. The van der Waals surface area contributed by atoms with Crippen LogP contribution in [0, 0.1) is 6.92 Å². The second kappa shape index (κ2) is 6.03. The number of nitrogens with two attached hydrogens (primary N) is 1. The predicted octanol–water partition coefficient (Wildman–Crippen LogP) is 4.95. The van der Waals surface area contributed by atoms with Crippen LogP contribution >= 0.6 is 44.1 Å². The monoisotopic (exact) mass is 399 g/mol. The van der Waals surface area contributed by atoms with Gasteiger partial charge in [0.15, 0.2) is 0 Å². The first-order valence-corrected chi connectivity index (χ1v) is 7.50. The molecule has 0 fully saturated rings. The van der Waals surface area contributed by atoms with Gasteiger partial charge < -0.3 is 10.5 Å². The van der Waals surface area contributed by atoms with Crippen molar-refractivity contribution in [2.45, 2.75) is 6.92 Å². The lowest BCUT2D eigenvalue weighted by Gasteiger charge is -2.13. The molecule has 0 saturated carbocycles. The molecule has 0 bridgehead atoms. The Morgan fingerprint density at radius 1 is 1.05 bits per heavy atom. The van der Waals surface area contributed by atoms with Crippen LogP contribution in [-0.4, -0.2) is 4.99 Å². The fourth-order valence-corrected chi connectivity index (χ4v) is 2.45. The van der Waals surface area contributed by atoms with Gasteiger partial charge in [-0.2, -0.15) is 0 Å². The fraction of sp³-hybridized carbons (Fsp3) is 0.0714. The van der Waals surface area contributed by atoms with E-state index in [4.69, 9.17) is 22.7 Å². The summed E-state index contributed by atoms with van der Waals surface area (Å²) in [6.45, 7) is 1.99. The number of hydrogen-bond donors (Lipinski definition) is 1. The molecular weight excluding hydrogens is 390 g/mol. The summed E-state index contributed by atoms with van der Waals surface area (Å²) in [6.07, 6.45) is 0. The fourth-order valence-electron chi connectivity index (χ4n) is 1.59. The number of ether oxygens (including phenoxy) is 1. The van der Waals surface area contributed by atoms with Gasteiger partial charge >= 0.3 is 0 Å². The van der Waals surface area contributed by atoms with Crippen LogP contribution in [0.1, 0.15) is 11.1 Å². The van der Waals surface area contributed by atoms with Crippen LogP contribution in [0.2, 0.25) is 0 Å². The molecule has 2 N–H and O–H groups in total. The Kier molecular flexibility index (Phi) is 4.60. The van der Waals surface area contributed by atoms with Crippen molar-refractivity contribution in [1.82, 2.24) is 0 Å². The van der Waals surface area contributed by atoms with Crippen molar-refractivity contribution in [3.05, 3.63) is 56.5 Å². The van der Waals surface area contributed by atoms with Crippen molar-refractivity contribution in [3.8, 4) is 11.5 Å². The summed E-state index contributed by atoms with van der Waals surface area (Å²) < 4.78 is 7.79. The molecule has 2 aromatic carbocycles. The molecule has 0 unspecified atom stereocenters. The number of aryl methyl sites for hydroxylation is 1. The number of halogens is 2. The molecule has 0 heterocycles. The van der Waals surface area contributed by atoms with E-state index < -0.39 is 0 Å². The Balaban J connectivity index is 2.43. The summed E-state index contributed by atoms with van der Waals surface area (Å²) in [5.74, 6) is 1.42. The van der Waals surface area contributed by atoms with Crippen LogP contribution in [0.4, 0.5) is 0 Å². The highest BCUT2D eigenvalue weighted by atomic mass is 79.9. The van der Waals surface area contributed by atoms with Gasteiger partial charge in [0.05, 0.1) is 5.56 Å². The third kappa shape index (κ3) is 3.55. The van der Waals surface area contributed by atoms with E-state index in [1.807, 2.05) is 43.3 Å². The third-order valence-corrected chi connectivity index (χ3v) is 3.78. The molecular formula is C14H11Br2NOS. The van der Waals surface area contributed by atoms with Crippen molar-refractivity contribution in [2.24, 2.45) is 5.73 Å². The van der Waals surface area contributed by atoms with Crippen LogP contribution in [-0.2, 0) is 0 Å². The van der Waals surface area contributed by atoms with E-state index in [1.54, 1.807) is 0 Å². The van der Waals surface area contributed by atoms with E-state index in [0.717, 1.165) is 20.3 Å². The summed E-state index contributed by atoms with van der Waals surface area (Å²) in [5, 5.41) is 0. The predicted molar refractivity (Wildman–Crippen MR) is 89.0 cm³/mol. The first-order valence-electron chi connectivity index (χ1n) is 5.51. The summed E-state index contributed by atoms with van der Waals surface area (Å²) in [6, 6.07) is 11.5. The van der Waals surface area contributed by atoms with Crippen molar-refractivity contribution < 1.29 is 4.74 Å². The number of hydrogen-bond acceptors (Lipinski definition) is 2. The molecule has 19 heavy (non-hydrogen) atoms. The van der Waals surface area contributed by atoms with Crippen molar-refractivity contribution in [1.29, 1.82) is 0 Å². The highest BCUT2D eigenvalue weighted by Gasteiger charge is 2.10. The standard InChI is InChI=1S/C14H11Br2NOS/c1-8-2-3-10(16)7-13(8)18-12-5-4-9(15)6-11(12)14(17)19/h2-7H,1H3,(H2,17,19). The molecule has 2 aromatic rings. The van der Waals surface area contributed by atoms with E-state index in [2.05, 4.69) is 31.9 Å². The smallest absolute Gasteiger partial charge is 0.137 e. The number of benzene rings is 2. The molecule has 0 amide bonds. The Hall–Kier alpha value is -0.910. The van der Waals surface area contributed by atoms with Gasteiger partial charge in [-0.05, 0) is 42.8 Å². The highest BCUT2D eigenvalue weighted by molar-refractivity contribution is 9.10. The van der Waals surface area contributed by atoms with Gasteiger partial charge in [-0.25, -0.2) is 0 Å². The summed E-state index contributed by atoms with van der Waals surface area (Å²) in [7, 11) is 0. The maximum atomic E-state index is 5.92. The summed E-state index contributed by atoms with van der Waals surface area (Å²) in [4.78, 5) is 0.309. The first-order chi connectivity index (χ1) is 8.97. The molecule has 5 heteroatoms. The minimum absolute atomic E-state index is 0.309. The summed E-state index contributed by atoms with van der Waals surface area (Å²) >= 11 is 11.9. The Morgan fingerprint density at radius 3 is 2.37 bits per heavy atom. The zero-order valence-electron chi connectivity index (χ0n) is 10.1. The third-order valence-electron chi connectivity index (χ3n) is 2.58. The molecule has 0 aromatic heterocycles. The van der Waals surface area contributed by atoms with Crippen LogP contribution in [0.5, 0.6) is 11.5 Å². The topological polar surface area (TPSA) is 35.2 Å². The lowest BCUT2D eigenvalue weighted by Crippen LogP contribution is -2.10. The first kappa shape index (κ1) is 14.5. The van der Waals surface area contributed by atoms with Gasteiger partial charge in [0, 0.05) is 8.95 Å². The van der Waals surface area contributed by atoms with Crippen molar-refractivity contribution in [3.63, 3.8) is 0 Å².